The lowest BCUT2D eigenvalue weighted by Gasteiger charge is -2.26. The van der Waals surface area contributed by atoms with E-state index in [0.717, 1.165) is 10.9 Å². The fourth-order valence-corrected chi connectivity index (χ4v) is 6.08. The number of phenolic OH excluding ortho intramolecular Hbond substituents is 1. The molecule has 0 aliphatic carbocycles. The van der Waals surface area contributed by atoms with Crippen LogP contribution in [0.3, 0.4) is 0 Å². The summed E-state index contributed by atoms with van der Waals surface area (Å²) in [4.78, 5) is 98.5. The van der Waals surface area contributed by atoms with Crippen LogP contribution in [0.4, 0.5) is 0 Å². The highest BCUT2D eigenvalue weighted by atomic mass is 16.4. The van der Waals surface area contributed by atoms with Gasteiger partial charge in [0.05, 0.1) is 6.42 Å². The topological polar surface area (TPSA) is 352 Å². The highest BCUT2D eigenvalue weighted by Gasteiger charge is 2.34. The van der Waals surface area contributed by atoms with Crippen molar-refractivity contribution >= 4 is 58.3 Å². The fourth-order valence-electron chi connectivity index (χ4n) is 6.08. The van der Waals surface area contributed by atoms with Crippen LogP contribution in [0.15, 0.2) is 59.7 Å². The number of carboxylic acid groups (broad SMARTS) is 1. The number of fused-ring (bicyclic) bond motifs is 1. The number of phenols is 1. The summed E-state index contributed by atoms with van der Waals surface area (Å²) in [7, 11) is 0. The molecule has 16 N–H and O–H groups in total. The number of amides is 6. The molecule has 0 aliphatic heterocycles. The van der Waals surface area contributed by atoms with Crippen LogP contribution in [0.25, 0.3) is 10.9 Å². The van der Waals surface area contributed by atoms with Gasteiger partial charge in [-0.1, -0.05) is 30.3 Å². The van der Waals surface area contributed by atoms with Gasteiger partial charge < -0.3 is 64.7 Å². The van der Waals surface area contributed by atoms with E-state index >= 15 is 0 Å². The number of aromatic nitrogens is 1. The number of hydrogen-bond donors (Lipinski definition) is 12. The zero-order valence-electron chi connectivity index (χ0n) is 32.2. The first kappa shape index (κ1) is 45.7. The number of hydrogen-bond acceptors (Lipinski definition) is 10. The van der Waals surface area contributed by atoms with Gasteiger partial charge in [-0.05, 0) is 68.0 Å². The lowest BCUT2D eigenvalue weighted by atomic mass is 10.0. The minimum atomic E-state index is -1.77. The van der Waals surface area contributed by atoms with E-state index in [9.17, 15) is 43.8 Å². The summed E-state index contributed by atoms with van der Waals surface area (Å²) in [5.74, 6) is -6.63. The van der Waals surface area contributed by atoms with Crippen LogP contribution in [0.5, 0.6) is 5.75 Å². The van der Waals surface area contributed by atoms with Crippen molar-refractivity contribution in [1.82, 2.24) is 31.6 Å². The molecule has 20 nitrogen and oxygen atoms in total. The van der Waals surface area contributed by atoms with Crippen molar-refractivity contribution in [2.45, 2.75) is 88.5 Å². The number of nitrogens with two attached hydrogens (primary N) is 4. The number of rotatable bonds is 24. The molecule has 1 aromatic heterocycles. The second kappa shape index (κ2) is 22.8. The number of para-hydroxylation sites is 1. The van der Waals surface area contributed by atoms with E-state index in [1.807, 2.05) is 0 Å². The number of aliphatic imine (C=N–C) groups is 1. The third-order valence-electron chi connectivity index (χ3n) is 9.00. The van der Waals surface area contributed by atoms with Gasteiger partial charge in [0.2, 0.25) is 35.4 Å². The molecule has 5 atom stereocenters. The SMILES string of the molecule is CC(=O)N[C@@H](CCCCN)C(=O)N[C@@H](Cc1ccc(O)cc1)C(=O)N[C@@H](CC(=O)O)C(=O)N[C@@H](Cc1c[nH]c2ccccc12)C(=O)N[C@@H](CCCN=C(N)N)C(N)=O. The van der Waals surface area contributed by atoms with Crippen LogP contribution in [-0.2, 0) is 46.4 Å². The summed E-state index contributed by atoms with van der Waals surface area (Å²) in [6, 6.07) is 6.07. The molecule has 0 bridgehead atoms. The molecule has 3 rings (SSSR count). The molecule has 0 unspecified atom stereocenters. The van der Waals surface area contributed by atoms with Gasteiger partial charge in [-0.15, -0.1) is 0 Å². The van der Waals surface area contributed by atoms with Crippen LogP contribution in [-0.4, -0.2) is 106 Å². The first-order chi connectivity index (χ1) is 27.6. The minimum Gasteiger partial charge on any atom is -0.508 e. The molecular weight excluding hydrogens is 754 g/mol. The number of nitrogens with zero attached hydrogens (tertiary/aromatic N) is 1. The summed E-state index contributed by atoms with van der Waals surface area (Å²) >= 11 is 0. The zero-order valence-corrected chi connectivity index (χ0v) is 32.2. The predicted octanol–water partition coefficient (Wildman–Crippen LogP) is -1.75. The number of aromatic hydroxyl groups is 1. The van der Waals surface area contributed by atoms with Gasteiger partial charge >= 0.3 is 5.97 Å². The van der Waals surface area contributed by atoms with Crippen molar-refractivity contribution < 1.29 is 43.8 Å². The maximum absolute atomic E-state index is 14.0. The molecular formula is C38H53N11O9. The first-order valence-electron chi connectivity index (χ1n) is 18.7. The maximum atomic E-state index is 14.0. The molecule has 20 heteroatoms. The van der Waals surface area contributed by atoms with Gasteiger partial charge in [0.15, 0.2) is 5.96 Å². The lowest BCUT2D eigenvalue weighted by molar-refractivity contribution is -0.141. The third-order valence-corrected chi connectivity index (χ3v) is 9.00. The van der Waals surface area contributed by atoms with Gasteiger partial charge in [-0.3, -0.25) is 38.6 Å². The Morgan fingerprint density at radius 2 is 1.28 bits per heavy atom. The minimum absolute atomic E-state index is 0.0489. The summed E-state index contributed by atoms with van der Waals surface area (Å²) in [5, 5.41) is 33.0. The number of primary amides is 1. The summed E-state index contributed by atoms with van der Waals surface area (Å²) < 4.78 is 0. The molecule has 58 heavy (non-hydrogen) atoms. The largest absolute Gasteiger partial charge is 0.508 e. The van der Waals surface area contributed by atoms with Gasteiger partial charge in [0, 0.05) is 43.4 Å². The summed E-state index contributed by atoms with van der Waals surface area (Å²) in [6.07, 6.45) is 1.96. The molecule has 0 spiro atoms. The van der Waals surface area contributed by atoms with E-state index in [1.54, 1.807) is 30.5 Å². The number of carboxylic acids is 1. The fraction of sp³-hybridized carbons (Fsp3) is 0.421. The van der Waals surface area contributed by atoms with E-state index in [0.29, 0.717) is 30.5 Å². The number of aliphatic carboxylic acids is 1. The van der Waals surface area contributed by atoms with E-state index in [2.05, 4.69) is 36.6 Å². The Morgan fingerprint density at radius 3 is 1.88 bits per heavy atom. The number of guanidine groups is 1. The van der Waals surface area contributed by atoms with Crippen molar-refractivity contribution in [3.8, 4) is 5.75 Å². The maximum Gasteiger partial charge on any atom is 0.305 e. The van der Waals surface area contributed by atoms with Gasteiger partial charge in [0.25, 0.3) is 0 Å². The highest BCUT2D eigenvalue weighted by molar-refractivity contribution is 5.98. The van der Waals surface area contributed by atoms with Crippen molar-refractivity contribution in [2.24, 2.45) is 27.9 Å². The van der Waals surface area contributed by atoms with Crippen molar-refractivity contribution in [1.29, 1.82) is 0 Å². The Bertz CT molecular complexity index is 1930. The van der Waals surface area contributed by atoms with Gasteiger partial charge in [0.1, 0.15) is 36.0 Å². The average molecular weight is 808 g/mol. The third kappa shape index (κ3) is 15.1. The second-order valence-electron chi connectivity index (χ2n) is 13.7. The smallest absolute Gasteiger partial charge is 0.305 e. The van der Waals surface area contributed by atoms with E-state index < -0.39 is 78.0 Å². The molecule has 2 aromatic carbocycles. The van der Waals surface area contributed by atoms with Crippen LogP contribution in [0, 0.1) is 0 Å². The first-order valence-corrected chi connectivity index (χ1v) is 18.7. The molecule has 1 heterocycles. The molecule has 314 valence electrons. The second-order valence-corrected chi connectivity index (χ2v) is 13.7. The molecule has 3 aromatic rings. The number of carbonyl (C=O) groups is 7. The predicted molar refractivity (Wildman–Crippen MR) is 213 cm³/mol. The molecule has 0 aliphatic rings. The van der Waals surface area contributed by atoms with Crippen LogP contribution in [0.1, 0.15) is 56.6 Å². The van der Waals surface area contributed by atoms with Crippen molar-refractivity contribution in [3.63, 3.8) is 0 Å². The number of aromatic amines is 1. The standard InChI is InChI=1S/C38H53N11O9/c1-21(50)45-28(9-4-5-15-39)34(55)47-29(17-22-11-13-24(51)14-12-22)35(56)49-31(19-32(52)53)37(58)48-30(18-23-20-44-26-8-3-2-7-25(23)26)36(57)46-27(33(40)54)10-6-16-43-38(41)42/h2-3,7-8,11-14,20,27-31,44,51H,4-6,9-10,15-19,39H2,1H3,(H2,40,54)(H,45,50)(H,46,57)(H,47,55)(H,48,58)(H,49,56)(H,52,53)(H4,41,42,43)/t27-,28-,29-,30-,31-/m0/s1. The zero-order chi connectivity index (χ0) is 42.8. The Hall–Kier alpha value is -6.70. The van der Waals surface area contributed by atoms with Crippen molar-refractivity contribution in [2.75, 3.05) is 13.1 Å². The van der Waals surface area contributed by atoms with E-state index in [4.69, 9.17) is 22.9 Å². The monoisotopic (exact) mass is 807 g/mol. The van der Waals surface area contributed by atoms with Crippen LogP contribution >= 0.6 is 0 Å². The number of benzene rings is 2. The number of carbonyl (C=O) groups excluding carboxylic acids is 6. The molecule has 0 saturated carbocycles. The van der Waals surface area contributed by atoms with Crippen LogP contribution in [0.2, 0.25) is 0 Å². The van der Waals surface area contributed by atoms with Crippen molar-refractivity contribution in [3.05, 3.63) is 65.9 Å². The van der Waals surface area contributed by atoms with Gasteiger partial charge in [-0.25, -0.2) is 0 Å². The Morgan fingerprint density at radius 1 is 0.707 bits per heavy atom. The van der Waals surface area contributed by atoms with Gasteiger partial charge in [-0.2, -0.15) is 0 Å². The average Bonchev–Trinajstić information content (AvgIpc) is 3.57. The quantitative estimate of drug-likeness (QED) is 0.0272. The van der Waals surface area contributed by atoms with E-state index in [-0.39, 0.29) is 50.4 Å². The molecule has 6 amide bonds. The Balaban J connectivity index is 1.92. The number of unbranched alkanes of at least 4 members (excludes halogenated alkanes) is 1. The van der Waals surface area contributed by atoms with E-state index in [1.165, 1.54) is 31.2 Å². The summed E-state index contributed by atoms with van der Waals surface area (Å²) in [6.45, 7) is 1.72. The molecule has 0 fully saturated rings. The Kier molecular flexibility index (Phi) is 17.9. The summed E-state index contributed by atoms with van der Waals surface area (Å²) in [5.41, 5.74) is 23.7. The number of nitrogens with one attached hydrogen (secondary N) is 6. The lowest BCUT2D eigenvalue weighted by Crippen LogP contribution is -2.60. The Labute approximate surface area is 334 Å². The molecule has 0 radical (unpaired) electrons. The molecule has 0 saturated heterocycles. The number of H-pyrrole nitrogens is 1. The van der Waals surface area contributed by atoms with Crippen LogP contribution < -0.4 is 49.5 Å². The highest BCUT2D eigenvalue weighted by Crippen LogP contribution is 2.20. The normalized spacial score (nSPS) is 13.5.